The minimum atomic E-state index is 0.254. The zero-order valence-corrected chi connectivity index (χ0v) is 11.1. The van der Waals surface area contributed by atoms with Gasteiger partial charge in [-0.2, -0.15) is 11.8 Å². The third-order valence-corrected chi connectivity index (χ3v) is 5.01. The Hall–Kier alpha value is -1.22. The van der Waals surface area contributed by atoms with Gasteiger partial charge in [-0.1, -0.05) is 31.0 Å². The summed E-state index contributed by atoms with van der Waals surface area (Å²) in [5.74, 6) is 0.872. The highest BCUT2D eigenvalue weighted by Gasteiger charge is 2.18. The third-order valence-electron chi connectivity index (χ3n) is 3.64. The largest absolute Gasteiger partial charge is 0.360 e. The van der Waals surface area contributed by atoms with Crippen LogP contribution in [0.3, 0.4) is 0 Å². The van der Waals surface area contributed by atoms with Gasteiger partial charge in [0.25, 0.3) is 0 Å². The van der Waals surface area contributed by atoms with Crippen molar-refractivity contribution < 1.29 is 4.79 Å². The molecule has 1 aromatic carbocycles. The second-order valence-electron chi connectivity index (χ2n) is 4.89. The van der Waals surface area contributed by atoms with Crippen molar-refractivity contribution in [1.82, 2.24) is 4.98 Å². The number of fused-ring (bicyclic) bond motifs is 1. The van der Waals surface area contributed by atoms with Crippen LogP contribution in [0, 0.1) is 0 Å². The van der Waals surface area contributed by atoms with Crippen molar-refractivity contribution in [1.29, 1.82) is 0 Å². The summed E-state index contributed by atoms with van der Waals surface area (Å²) >= 11 is 1.84. The van der Waals surface area contributed by atoms with Crippen LogP contribution in [0.15, 0.2) is 30.5 Å². The lowest BCUT2D eigenvalue weighted by atomic mass is 10.1. The highest BCUT2D eigenvalue weighted by Crippen LogP contribution is 2.30. The fourth-order valence-electron chi connectivity index (χ4n) is 2.63. The van der Waals surface area contributed by atoms with E-state index in [0.29, 0.717) is 11.0 Å². The number of hydrogen-bond acceptors (Lipinski definition) is 2. The minimum Gasteiger partial charge on any atom is -0.360 e. The van der Waals surface area contributed by atoms with Crippen LogP contribution in [-0.2, 0) is 0 Å². The molecule has 1 fully saturated rings. The van der Waals surface area contributed by atoms with Crippen molar-refractivity contribution in [2.45, 2.75) is 30.9 Å². The third kappa shape index (κ3) is 2.32. The van der Waals surface area contributed by atoms with E-state index in [1.165, 1.54) is 25.7 Å². The van der Waals surface area contributed by atoms with E-state index < -0.39 is 0 Å². The van der Waals surface area contributed by atoms with E-state index in [0.717, 1.165) is 16.5 Å². The quantitative estimate of drug-likeness (QED) is 0.841. The number of rotatable bonds is 4. The fraction of sp³-hybridized carbons (Fsp3) is 0.400. The van der Waals surface area contributed by atoms with Gasteiger partial charge in [-0.25, -0.2) is 0 Å². The first kappa shape index (κ1) is 11.8. The number of nitrogens with one attached hydrogen (secondary N) is 1. The summed E-state index contributed by atoms with van der Waals surface area (Å²) in [5, 5.41) is 1.76. The lowest BCUT2D eigenvalue weighted by Gasteiger charge is -2.07. The molecule has 3 rings (SSSR count). The van der Waals surface area contributed by atoms with E-state index in [1.54, 1.807) is 0 Å². The molecule has 1 aromatic heterocycles. The zero-order chi connectivity index (χ0) is 12.4. The molecule has 2 aromatic rings. The van der Waals surface area contributed by atoms with Crippen LogP contribution in [0.4, 0.5) is 0 Å². The van der Waals surface area contributed by atoms with Crippen molar-refractivity contribution in [3.8, 4) is 0 Å². The van der Waals surface area contributed by atoms with Crippen molar-refractivity contribution in [2.24, 2.45) is 0 Å². The van der Waals surface area contributed by atoms with Crippen LogP contribution in [0.2, 0.25) is 0 Å². The van der Waals surface area contributed by atoms with Gasteiger partial charge in [0, 0.05) is 27.9 Å². The monoisotopic (exact) mass is 259 g/mol. The van der Waals surface area contributed by atoms with Gasteiger partial charge < -0.3 is 4.98 Å². The number of hydrogen-bond donors (Lipinski definition) is 1. The van der Waals surface area contributed by atoms with E-state index >= 15 is 0 Å². The molecule has 1 aliphatic rings. The van der Waals surface area contributed by atoms with Crippen molar-refractivity contribution in [3.05, 3.63) is 36.0 Å². The predicted octanol–water partition coefficient (Wildman–Crippen LogP) is 4.03. The number of Topliss-reactive ketones (excluding diaryl/α,β-unsaturated/α-hetero) is 1. The molecule has 0 radical (unpaired) electrons. The van der Waals surface area contributed by atoms with Gasteiger partial charge in [0.2, 0.25) is 0 Å². The second kappa shape index (κ2) is 5.19. The van der Waals surface area contributed by atoms with E-state index in [2.05, 4.69) is 4.98 Å². The molecular weight excluding hydrogens is 242 g/mol. The van der Waals surface area contributed by atoms with Crippen LogP contribution in [-0.4, -0.2) is 21.8 Å². The Balaban J connectivity index is 1.71. The van der Waals surface area contributed by atoms with Crippen molar-refractivity contribution >= 4 is 28.4 Å². The summed E-state index contributed by atoms with van der Waals surface area (Å²) < 4.78 is 0. The van der Waals surface area contributed by atoms with Crippen LogP contribution in [0.1, 0.15) is 36.0 Å². The number of thioether (sulfide) groups is 1. The van der Waals surface area contributed by atoms with Gasteiger partial charge in [-0.3, -0.25) is 4.79 Å². The molecule has 0 bridgehead atoms. The van der Waals surface area contributed by atoms with Gasteiger partial charge in [-0.05, 0) is 18.9 Å². The average Bonchev–Trinajstić information content (AvgIpc) is 3.05. The molecule has 3 heteroatoms. The summed E-state index contributed by atoms with van der Waals surface area (Å²) in [6.45, 7) is 0. The topological polar surface area (TPSA) is 32.9 Å². The number of para-hydroxylation sites is 1. The molecule has 0 saturated heterocycles. The van der Waals surface area contributed by atoms with Gasteiger partial charge in [0.15, 0.2) is 5.78 Å². The Morgan fingerprint density at radius 3 is 2.89 bits per heavy atom. The zero-order valence-electron chi connectivity index (χ0n) is 10.3. The van der Waals surface area contributed by atoms with Crippen LogP contribution >= 0.6 is 11.8 Å². The molecular formula is C15H17NOS. The van der Waals surface area contributed by atoms with E-state index in [9.17, 15) is 4.79 Å². The van der Waals surface area contributed by atoms with E-state index in [4.69, 9.17) is 0 Å². The number of aromatic nitrogens is 1. The Kier molecular flexibility index (Phi) is 3.41. The number of ketones is 1. The number of benzene rings is 1. The van der Waals surface area contributed by atoms with Gasteiger partial charge in [0.1, 0.15) is 0 Å². The Bertz CT molecular complexity index is 554. The highest BCUT2D eigenvalue weighted by molar-refractivity contribution is 8.00. The molecule has 0 spiro atoms. The molecule has 2 nitrogen and oxygen atoms in total. The number of carbonyl (C=O) groups excluding carboxylic acids is 1. The first-order chi connectivity index (χ1) is 8.84. The summed E-state index contributed by atoms with van der Waals surface area (Å²) in [6.07, 6.45) is 7.08. The molecule has 94 valence electrons. The number of H-pyrrole nitrogens is 1. The predicted molar refractivity (Wildman–Crippen MR) is 77.3 cm³/mol. The summed E-state index contributed by atoms with van der Waals surface area (Å²) in [6, 6.07) is 7.99. The lowest BCUT2D eigenvalue weighted by molar-refractivity contribution is 0.102. The second-order valence-corrected chi connectivity index (χ2v) is 6.18. The fourth-order valence-corrected chi connectivity index (χ4v) is 3.84. The molecule has 1 N–H and O–H groups in total. The smallest absolute Gasteiger partial charge is 0.174 e. The van der Waals surface area contributed by atoms with Gasteiger partial charge in [-0.15, -0.1) is 0 Å². The lowest BCUT2D eigenvalue weighted by Crippen LogP contribution is -2.05. The maximum absolute atomic E-state index is 12.2. The maximum atomic E-state index is 12.2. The first-order valence-corrected chi connectivity index (χ1v) is 7.60. The summed E-state index contributed by atoms with van der Waals surface area (Å²) in [4.78, 5) is 15.4. The minimum absolute atomic E-state index is 0.254. The molecule has 1 saturated carbocycles. The Labute approximate surface area is 111 Å². The summed E-state index contributed by atoms with van der Waals surface area (Å²) in [5.41, 5.74) is 1.89. The highest BCUT2D eigenvalue weighted by atomic mass is 32.2. The molecule has 0 amide bonds. The normalized spacial score (nSPS) is 16.4. The van der Waals surface area contributed by atoms with E-state index in [-0.39, 0.29) is 5.78 Å². The standard InChI is InChI=1S/C15H17NOS/c17-15(10-18-11-5-1-2-6-11)13-9-16-14-8-4-3-7-12(13)14/h3-4,7-9,11,16H,1-2,5-6,10H2. The van der Waals surface area contributed by atoms with Crippen LogP contribution in [0.5, 0.6) is 0 Å². The Morgan fingerprint density at radius 1 is 1.28 bits per heavy atom. The van der Waals surface area contributed by atoms with Crippen molar-refractivity contribution in [2.75, 3.05) is 5.75 Å². The number of carbonyl (C=O) groups is 1. The molecule has 1 heterocycles. The maximum Gasteiger partial charge on any atom is 0.174 e. The summed E-state index contributed by atoms with van der Waals surface area (Å²) in [7, 11) is 0. The Morgan fingerprint density at radius 2 is 2.06 bits per heavy atom. The van der Waals surface area contributed by atoms with Gasteiger partial charge in [0.05, 0.1) is 5.75 Å². The average molecular weight is 259 g/mol. The van der Waals surface area contributed by atoms with Crippen molar-refractivity contribution in [3.63, 3.8) is 0 Å². The van der Waals surface area contributed by atoms with E-state index in [1.807, 2.05) is 42.2 Å². The SMILES string of the molecule is O=C(CSC1CCCC1)c1c[nH]c2ccccc12. The van der Waals surface area contributed by atoms with Crippen LogP contribution < -0.4 is 0 Å². The molecule has 0 atom stereocenters. The van der Waals surface area contributed by atoms with Crippen LogP contribution in [0.25, 0.3) is 10.9 Å². The molecule has 0 aliphatic heterocycles. The first-order valence-electron chi connectivity index (χ1n) is 6.55. The molecule has 0 unspecified atom stereocenters. The number of aromatic amines is 1. The molecule has 1 aliphatic carbocycles. The molecule has 18 heavy (non-hydrogen) atoms. The van der Waals surface area contributed by atoms with Gasteiger partial charge >= 0.3 is 0 Å².